The highest BCUT2D eigenvalue weighted by Crippen LogP contribution is 2.15. The first kappa shape index (κ1) is 12.1. The fourth-order valence-electron chi connectivity index (χ4n) is 2.16. The Morgan fingerprint density at radius 1 is 1.47 bits per heavy atom. The van der Waals surface area contributed by atoms with E-state index in [1.807, 2.05) is 10.8 Å². The number of carbonyl (C=O) groups is 1. The molecule has 0 saturated carbocycles. The van der Waals surface area contributed by atoms with Gasteiger partial charge in [0, 0.05) is 31.9 Å². The van der Waals surface area contributed by atoms with E-state index in [1.54, 1.807) is 12.5 Å². The van der Waals surface area contributed by atoms with Gasteiger partial charge in [0.15, 0.2) is 0 Å². The van der Waals surface area contributed by atoms with Crippen LogP contribution in [0.4, 0.5) is 0 Å². The van der Waals surface area contributed by atoms with E-state index in [9.17, 15) is 4.79 Å². The highest BCUT2D eigenvalue weighted by Gasteiger charge is 2.16. The molecule has 0 aliphatic carbocycles. The molecule has 0 bridgehead atoms. The average molecular weight is 236 g/mol. The SMILES string of the molecule is O=C(CC1CCNCC1)NCCn1ccnc1. The summed E-state index contributed by atoms with van der Waals surface area (Å²) in [6, 6.07) is 0. The fraction of sp³-hybridized carbons (Fsp3) is 0.667. The van der Waals surface area contributed by atoms with Gasteiger partial charge in [0.1, 0.15) is 0 Å². The van der Waals surface area contributed by atoms with Crippen LogP contribution >= 0.6 is 0 Å². The quantitative estimate of drug-likeness (QED) is 0.777. The van der Waals surface area contributed by atoms with Crippen LogP contribution in [0.2, 0.25) is 0 Å². The molecule has 2 N–H and O–H groups in total. The molecule has 1 aliphatic heterocycles. The van der Waals surface area contributed by atoms with E-state index in [-0.39, 0.29) is 5.91 Å². The van der Waals surface area contributed by atoms with Gasteiger partial charge in [0.05, 0.1) is 6.33 Å². The van der Waals surface area contributed by atoms with Gasteiger partial charge in [-0.15, -0.1) is 0 Å². The molecule has 1 fully saturated rings. The second kappa shape index (κ2) is 6.39. The lowest BCUT2D eigenvalue weighted by Crippen LogP contribution is -2.33. The topological polar surface area (TPSA) is 59.0 Å². The van der Waals surface area contributed by atoms with Crippen molar-refractivity contribution in [3.63, 3.8) is 0 Å². The Balaban J connectivity index is 1.60. The molecule has 17 heavy (non-hydrogen) atoms. The average Bonchev–Trinajstić information content (AvgIpc) is 2.83. The van der Waals surface area contributed by atoms with Crippen molar-refractivity contribution in [2.75, 3.05) is 19.6 Å². The summed E-state index contributed by atoms with van der Waals surface area (Å²) in [6.45, 7) is 3.57. The van der Waals surface area contributed by atoms with Crippen molar-refractivity contribution in [1.82, 2.24) is 20.2 Å². The van der Waals surface area contributed by atoms with Crippen molar-refractivity contribution in [3.05, 3.63) is 18.7 Å². The third kappa shape index (κ3) is 4.19. The molecular weight excluding hydrogens is 216 g/mol. The Bertz CT molecular complexity index is 330. The van der Waals surface area contributed by atoms with Crippen molar-refractivity contribution < 1.29 is 4.79 Å². The van der Waals surface area contributed by atoms with Crippen molar-refractivity contribution in [2.24, 2.45) is 5.92 Å². The van der Waals surface area contributed by atoms with Gasteiger partial charge in [-0.25, -0.2) is 4.98 Å². The van der Waals surface area contributed by atoms with E-state index in [2.05, 4.69) is 15.6 Å². The first-order chi connectivity index (χ1) is 8.34. The minimum atomic E-state index is 0.178. The maximum absolute atomic E-state index is 11.7. The summed E-state index contributed by atoms with van der Waals surface area (Å²) in [7, 11) is 0. The van der Waals surface area contributed by atoms with Gasteiger partial charge in [-0.1, -0.05) is 0 Å². The Labute approximate surface area is 102 Å². The Morgan fingerprint density at radius 3 is 3.00 bits per heavy atom. The van der Waals surface area contributed by atoms with Gasteiger partial charge in [-0.3, -0.25) is 4.79 Å². The second-order valence-corrected chi connectivity index (χ2v) is 4.55. The molecule has 1 amide bonds. The number of hydrogen-bond acceptors (Lipinski definition) is 3. The maximum Gasteiger partial charge on any atom is 0.220 e. The molecule has 2 rings (SSSR count). The molecule has 2 heterocycles. The smallest absolute Gasteiger partial charge is 0.220 e. The molecule has 94 valence electrons. The van der Waals surface area contributed by atoms with Crippen LogP contribution in [0.15, 0.2) is 18.7 Å². The van der Waals surface area contributed by atoms with Gasteiger partial charge in [0.25, 0.3) is 0 Å². The number of amides is 1. The normalized spacial score (nSPS) is 16.9. The lowest BCUT2D eigenvalue weighted by atomic mass is 9.94. The number of carbonyl (C=O) groups excluding carboxylic acids is 1. The summed E-state index contributed by atoms with van der Waals surface area (Å²) in [5, 5.41) is 6.27. The maximum atomic E-state index is 11.7. The van der Waals surface area contributed by atoms with Crippen molar-refractivity contribution >= 4 is 5.91 Å². The third-order valence-electron chi connectivity index (χ3n) is 3.18. The summed E-state index contributed by atoms with van der Waals surface area (Å²) in [6.07, 6.45) is 8.32. The number of aromatic nitrogens is 2. The van der Waals surface area contributed by atoms with Crippen LogP contribution in [-0.4, -0.2) is 35.1 Å². The highest BCUT2D eigenvalue weighted by molar-refractivity contribution is 5.76. The van der Waals surface area contributed by atoms with Crippen LogP contribution in [0.1, 0.15) is 19.3 Å². The first-order valence-electron chi connectivity index (χ1n) is 6.28. The highest BCUT2D eigenvalue weighted by atomic mass is 16.1. The molecule has 1 aromatic rings. The third-order valence-corrected chi connectivity index (χ3v) is 3.18. The molecule has 1 saturated heterocycles. The second-order valence-electron chi connectivity index (χ2n) is 4.55. The lowest BCUT2D eigenvalue weighted by Gasteiger charge is -2.21. The zero-order chi connectivity index (χ0) is 11.9. The monoisotopic (exact) mass is 236 g/mol. The summed E-state index contributed by atoms with van der Waals surface area (Å²) >= 11 is 0. The Hall–Kier alpha value is -1.36. The van der Waals surface area contributed by atoms with E-state index < -0.39 is 0 Å². The number of imidazole rings is 1. The van der Waals surface area contributed by atoms with Crippen molar-refractivity contribution in [2.45, 2.75) is 25.8 Å². The van der Waals surface area contributed by atoms with Crippen LogP contribution in [-0.2, 0) is 11.3 Å². The van der Waals surface area contributed by atoms with E-state index in [0.29, 0.717) is 18.9 Å². The molecule has 5 heteroatoms. The van der Waals surface area contributed by atoms with E-state index in [4.69, 9.17) is 0 Å². The molecule has 0 radical (unpaired) electrons. The van der Waals surface area contributed by atoms with Crippen molar-refractivity contribution in [3.8, 4) is 0 Å². The number of hydrogen-bond donors (Lipinski definition) is 2. The van der Waals surface area contributed by atoms with Crippen LogP contribution in [0.3, 0.4) is 0 Å². The van der Waals surface area contributed by atoms with Gasteiger partial charge >= 0.3 is 0 Å². The van der Waals surface area contributed by atoms with Crippen LogP contribution in [0, 0.1) is 5.92 Å². The predicted molar refractivity (Wildman–Crippen MR) is 65.4 cm³/mol. The lowest BCUT2D eigenvalue weighted by molar-refractivity contribution is -0.122. The molecule has 1 aliphatic rings. The van der Waals surface area contributed by atoms with E-state index in [0.717, 1.165) is 32.5 Å². The number of nitrogens with zero attached hydrogens (tertiary/aromatic N) is 2. The van der Waals surface area contributed by atoms with Crippen LogP contribution in [0.5, 0.6) is 0 Å². The Kier molecular flexibility index (Phi) is 4.55. The zero-order valence-electron chi connectivity index (χ0n) is 10.1. The fourth-order valence-corrected chi connectivity index (χ4v) is 2.16. The zero-order valence-corrected chi connectivity index (χ0v) is 10.1. The van der Waals surface area contributed by atoms with Gasteiger partial charge in [-0.05, 0) is 31.8 Å². The molecular formula is C12H20N4O. The Morgan fingerprint density at radius 2 is 2.29 bits per heavy atom. The number of piperidine rings is 1. The molecule has 0 unspecified atom stereocenters. The molecule has 5 nitrogen and oxygen atoms in total. The summed E-state index contributed by atoms with van der Waals surface area (Å²) in [4.78, 5) is 15.6. The minimum Gasteiger partial charge on any atom is -0.354 e. The first-order valence-corrected chi connectivity index (χ1v) is 6.28. The van der Waals surface area contributed by atoms with Gasteiger partial charge in [0.2, 0.25) is 5.91 Å². The standard InChI is InChI=1S/C12H20N4O/c17-12(9-11-1-3-13-4-2-11)15-6-8-16-7-5-14-10-16/h5,7,10-11,13H,1-4,6,8-9H2,(H,15,17). The van der Waals surface area contributed by atoms with Crippen molar-refractivity contribution in [1.29, 1.82) is 0 Å². The summed E-state index contributed by atoms with van der Waals surface area (Å²) in [5.41, 5.74) is 0. The number of rotatable bonds is 5. The predicted octanol–water partition coefficient (Wildman–Crippen LogP) is 0.389. The largest absolute Gasteiger partial charge is 0.354 e. The summed E-state index contributed by atoms with van der Waals surface area (Å²) < 4.78 is 1.96. The van der Waals surface area contributed by atoms with E-state index in [1.165, 1.54) is 0 Å². The molecule has 1 aromatic heterocycles. The van der Waals surface area contributed by atoms with Crippen LogP contribution in [0.25, 0.3) is 0 Å². The molecule has 0 atom stereocenters. The van der Waals surface area contributed by atoms with E-state index >= 15 is 0 Å². The minimum absolute atomic E-state index is 0.178. The van der Waals surface area contributed by atoms with Gasteiger partial charge < -0.3 is 15.2 Å². The number of nitrogens with one attached hydrogen (secondary N) is 2. The summed E-state index contributed by atoms with van der Waals surface area (Å²) in [5.74, 6) is 0.738. The van der Waals surface area contributed by atoms with Crippen LogP contribution < -0.4 is 10.6 Å². The van der Waals surface area contributed by atoms with Gasteiger partial charge in [-0.2, -0.15) is 0 Å². The molecule has 0 aromatic carbocycles. The molecule has 0 spiro atoms.